The van der Waals surface area contributed by atoms with Crippen molar-refractivity contribution in [3.05, 3.63) is 87.8 Å². The Morgan fingerprint density at radius 1 is 1.07 bits per heavy atom. The second kappa shape index (κ2) is 20.0. The molecule has 4 aliphatic heterocycles. The van der Waals surface area contributed by atoms with E-state index in [0.29, 0.717) is 55.7 Å². The van der Waals surface area contributed by atoms with Gasteiger partial charge in [0.2, 0.25) is 5.91 Å². The molecule has 2 N–H and O–H groups in total. The number of aryl methyl sites for hydroxylation is 1. The van der Waals surface area contributed by atoms with Gasteiger partial charge in [-0.25, -0.2) is 10.4 Å². The summed E-state index contributed by atoms with van der Waals surface area (Å²) in [6, 6.07) is 13.1. The minimum atomic E-state index is -1.13. The second-order valence-electron chi connectivity index (χ2n) is 20.3. The number of carbonyl (C=O) groups is 3. The number of carbonyl (C=O) groups excluding carboxylic acids is 3. The Morgan fingerprint density at radius 3 is 2.74 bits per heavy atom. The van der Waals surface area contributed by atoms with Gasteiger partial charge in [0.15, 0.2) is 0 Å². The zero-order valence-corrected chi connectivity index (χ0v) is 41.6. The topological polar surface area (TPSA) is 162 Å². The van der Waals surface area contributed by atoms with Gasteiger partial charge in [0.1, 0.15) is 23.2 Å². The third-order valence-electron chi connectivity index (χ3n) is 15.0. The first kappa shape index (κ1) is 47.6. The molecule has 8 heterocycles. The third kappa shape index (κ3) is 9.60. The normalized spacial score (nSPS) is 26.8. The van der Waals surface area contributed by atoms with E-state index in [-0.39, 0.29) is 37.1 Å². The van der Waals surface area contributed by atoms with Gasteiger partial charge in [-0.2, -0.15) is 0 Å². The van der Waals surface area contributed by atoms with Gasteiger partial charge in [0.25, 0.3) is 5.91 Å². The molecule has 1 saturated carbocycles. The molecule has 4 fully saturated rings. The molecule has 3 saturated heterocycles. The molecule has 1 unspecified atom stereocenters. The van der Waals surface area contributed by atoms with Crippen LogP contribution in [-0.4, -0.2) is 119 Å². The Labute approximate surface area is 408 Å². The second-order valence-corrected chi connectivity index (χ2v) is 21.2. The molecule has 366 valence electrons. The van der Waals surface area contributed by atoms with Crippen LogP contribution in [0, 0.1) is 11.3 Å². The Balaban J connectivity index is 1.08. The van der Waals surface area contributed by atoms with Crippen molar-refractivity contribution in [2.24, 2.45) is 11.3 Å². The number of morpholine rings is 1. The van der Waals surface area contributed by atoms with Crippen LogP contribution in [0.15, 0.2) is 60.2 Å². The van der Waals surface area contributed by atoms with Crippen LogP contribution in [-0.2, 0) is 46.3 Å². The monoisotopic (exact) mass is 958 g/mol. The molecule has 15 nitrogen and oxygen atoms in total. The molecule has 1 aromatic carbocycles. The number of aromatic nitrogens is 4. The lowest BCUT2D eigenvalue weighted by Crippen LogP contribution is -2.61. The Kier molecular flexibility index (Phi) is 13.8. The van der Waals surface area contributed by atoms with Crippen LogP contribution in [0.25, 0.3) is 33.4 Å². The average Bonchev–Trinajstić information content (AvgIpc) is 3.94. The number of hydrogen-bond donors (Lipinski definition) is 2. The molecule has 6 bridgehead atoms. The molecule has 5 aromatic rings. The molecule has 16 heteroatoms. The van der Waals surface area contributed by atoms with Crippen LogP contribution in [0.5, 0.6) is 0 Å². The number of esters is 1. The van der Waals surface area contributed by atoms with E-state index in [9.17, 15) is 14.4 Å². The van der Waals surface area contributed by atoms with E-state index in [1.54, 1.807) is 13.3 Å². The number of thiazole rings is 1. The fourth-order valence-electron chi connectivity index (χ4n) is 11.2. The SMILES string of the molecule is CCO[C@@H]1c2nc(cs2)-c2ccc3c(c2)c(c(-c2cc([C@@H]4CCN5CCOCC5C4)cnc2[C@H](C)OC)n3CC)CC(C)(C)COC(=O)[C@@H]2CCCN(N2)C(=O)[C@H]1NC(=O)[C@H]1C[C@@H]1c1ccccn1. The zero-order chi connectivity index (χ0) is 48.0. The summed E-state index contributed by atoms with van der Waals surface area (Å²) in [4.78, 5) is 60.6. The quantitative estimate of drug-likeness (QED) is 0.133. The number of hydrogen-bond acceptors (Lipinski definition) is 13. The lowest BCUT2D eigenvalue weighted by atomic mass is 9.82. The summed E-state index contributed by atoms with van der Waals surface area (Å²) in [5.41, 5.74) is 11.6. The molecule has 10 rings (SSSR count). The van der Waals surface area contributed by atoms with E-state index < -0.39 is 35.5 Å². The third-order valence-corrected chi connectivity index (χ3v) is 15.9. The summed E-state index contributed by atoms with van der Waals surface area (Å²) in [7, 11) is 1.73. The highest BCUT2D eigenvalue weighted by Crippen LogP contribution is 2.48. The van der Waals surface area contributed by atoms with E-state index in [1.165, 1.54) is 21.9 Å². The van der Waals surface area contributed by atoms with Crippen LogP contribution in [0.3, 0.4) is 0 Å². The van der Waals surface area contributed by atoms with Crippen molar-refractivity contribution in [1.82, 2.24) is 40.2 Å². The first-order valence-corrected chi connectivity index (χ1v) is 25.9. The summed E-state index contributed by atoms with van der Waals surface area (Å²) in [5, 5.41) is 8.23. The summed E-state index contributed by atoms with van der Waals surface area (Å²) < 4.78 is 27.0. The van der Waals surface area contributed by atoms with Gasteiger partial charge >= 0.3 is 5.97 Å². The number of rotatable bonds is 10. The van der Waals surface area contributed by atoms with E-state index in [1.807, 2.05) is 30.5 Å². The summed E-state index contributed by atoms with van der Waals surface area (Å²) in [6.07, 6.45) is 6.98. The maximum atomic E-state index is 14.8. The number of cyclic esters (lactones) is 1. The summed E-state index contributed by atoms with van der Waals surface area (Å²) in [6.45, 7) is 15.4. The largest absolute Gasteiger partial charge is 0.464 e. The van der Waals surface area contributed by atoms with Gasteiger partial charge in [0.05, 0.1) is 43.0 Å². The fraction of sp³-hybridized carbons (Fsp3) is 0.547. The van der Waals surface area contributed by atoms with Gasteiger partial charge < -0.3 is 28.8 Å². The van der Waals surface area contributed by atoms with Crippen molar-refractivity contribution in [3.63, 3.8) is 0 Å². The Hall–Kier alpha value is -5.10. The fourth-order valence-corrected chi connectivity index (χ4v) is 12.1. The maximum Gasteiger partial charge on any atom is 0.324 e. The molecule has 69 heavy (non-hydrogen) atoms. The molecule has 1 aliphatic carbocycles. The lowest BCUT2D eigenvalue weighted by Gasteiger charge is -2.42. The van der Waals surface area contributed by atoms with Crippen LogP contribution in [0.4, 0.5) is 0 Å². The van der Waals surface area contributed by atoms with Crippen LogP contribution >= 0.6 is 11.3 Å². The number of benzene rings is 1. The van der Waals surface area contributed by atoms with Gasteiger partial charge in [0, 0.05) is 102 Å². The molecule has 0 radical (unpaired) electrons. The van der Waals surface area contributed by atoms with E-state index in [0.717, 1.165) is 89.5 Å². The number of piperidine rings is 1. The summed E-state index contributed by atoms with van der Waals surface area (Å²) in [5.74, 6) is -1.11. The Bertz CT molecular complexity index is 2690. The number of pyridine rings is 2. The predicted octanol–water partition coefficient (Wildman–Crippen LogP) is 7.51. The molecular weight excluding hydrogens is 893 g/mol. The molecule has 8 atom stereocenters. The van der Waals surface area contributed by atoms with Gasteiger partial charge in [-0.3, -0.25) is 34.3 Å². The van der Waals surface area contributed by atoms with Crippen molar-refractivity contribution in [1.29, 1.82) is 0 Å². The highest BCUT2D eigenvalue weighted by Gasteiger charge is 2.48. The van der Waals surface area contributed by atoms with E-state index in [4.69, 9.17) is 28.9 Å². The van der Waals surface area contributed by atoms with Crippen molar-refractivity contribution in [2.75, 3.05) is 53.2 Å². The molecule has 4 aromatic heterocycles. The number of hydrazine groups is 1. The highest BCUT2D eigenvalue weighted by atomic mass is 32.1. The number of methoxy groups -OCH3 is 1. The number of amides is 2. The number of nitrogens with one attached hydrogen (secondary N) is 2. The van der Waals surface area contributed by atoms with E-state index in [2.05, 4.69) is 83.4 Å². The molecule has 0 spiro atoms. The lowest BCUT2D eigenvalue weighted by molar-refractivity contribution is -0.156. The number of nitrogens with zero attached hydrogens (tertiary/aromatic N) is 6. The molecular formula is C53H66N8O7S. The van der Waals surface area contributed by atoms with Crippen molar-refractivity contribution >= 4 is 40.0 Å². The Morgan fingerprint density at radius 2 is 1.94 bits per heavy atom. The van der Waals surface area contributed by atoms with Crippen molar-refractivity contribution in [2.45, 2.75) is 122 Å². The molecule has 2 amide bonds. The van der Waals surface area contributed by atoms with E-state index >= 15 is 0 Å². The number of ether oxygens (including phenoxy) is 4. The smallest absolute Gasteiger partial charge is 0.324 e. The predicted molar refractivity (Wildman–Crippen MR) is 263 cm³/mol. The highest BCUT2D eigenvalue weighted by molar-refractivity contribution is 7.10. The first-order valence-electron chi connectivity index (χ1n) is 25.0. The van der Waals surface area contributed by atoms with Crippen LogP contribution in [0.2, 0.25) is 0 Å². The first-order chi connectivity index (χ1) is 33.4. The zero-order valence-electron chi connectivity index (χ0n) is 40.7. The minimum Gasteiger partial charge on any atom is -0.464 e. The van der Waals surface area contributed by atoms with Gasteiger partial charge in [-0.15, -0.1) is 11.3 Å². The maximum absolute atomic E-state index is 14.8. The summed E-state index contributed by atoms with van der Waals surface area (Å²) >= 11 is 1.41. The molecule has 5 aliphatic rings. The van der Waals surface area contributed by atoms with Gasteiger partial charge in [-0.05, 0) is 113 Å². The van der Waals surface area contributed by atoms with Gasteiger partial charge in [-0.1, -0.05) is 26.0 Å². The number of fused-ring (bicyclic) bond motifs is 7. The van der Waals surface area contributed by atoms with Crippen molar-refractivity contribution < 1.29 is 33.3 Å². The van der Waals surface area contributed by atoms with Crippen molar-refractivity contribution in [3.8, 4) is 22.5 Å². The van der Waals surface area contributed by atoms with Crippen LogP contribution in [0.1, 0.15) is 118 Å². The minimum absolute atomic E-state index is 0.0396. The average molecular weight is 959 g/mol. The van der Waals surface area contributed by atoms with Crippen LogP contribution < -0.4 is 10.7 Å². The standard InChI is InChI=1S/C53H66N8O7S/c1-7-60-44-15-14-33-23-37(44)40(47(60)39-24-34(27-55-45(39)31(3)65-6)32-16-19-59-20-21-66-28-35(59)22-32)26-53(4,5)30-68-52(64)42-13-11-18-61(58-42)51(63)46(48(67-8-2)50-56-43(33)29-69-50)57-49(62)38-25-36(38)41-12-9-10-17-54-41/h9-10,12,14-15,17,23-24,27,29,31-32,35-36,38,42,46,48,58H,7-8,11,13,16,18-22,25-26,28,30H2,1-6H3,(H,57,62)/t31-,32+,35?,36-,38-,42-,46-,48-/m0/s1.